The van der Waals surface area contributed by atoms with Gasteiger partial charge in [0.15, 0.2) is 0 Å². The van der Waals surface area contributed by atoms with E-state index < -0.39 is 6.17 Å². The van der Waals surface area contributed by atoms with Crippen LogP contribution >= 0.6 is 0 Å². The molecule has 1 heteroatoms. The lowest BCUT2D eigenvalue weighted by Crippen LogP contribution is -2.08. The topological polar surface area (TPSA) is 0 Å². The molecular formula is C12H13F. The largest absolute Gasteiger partial charge is 0.246 e. The summed E-state index contributed by atoms with van der Waals surface area (Å²) in [6.45, 7) is 3.68. The van der Waals surface area contributed by atoms with Crippen LogP contribution in [0.4, 0.5) is 4.39 Å². The molecule has 1 aromatic carbocycles. The molecular weight excluding hydrogens is 163 g/mol. The number of rotatable bonds is 3. The number of hydrogen-bond donors (Lipinski definition) is 0. The van der Waals surface area contributed by atoms with Crippen molar-refractivity contribution in [2.75, 3.05) is 0 Å². The second-order valence-electron chi connectivity index (χ2n) is 3.69. The Kier molecular flexibility index (Phi) is 1.95. The molecule has 13 heavy (non-hydrogen) atoms. The molecule has 0 heterocycles. The fourth-order valence-electron chi connectivity index (χ4n) is 1.92. The summed E-state index contributed by atoms with van der Waals surface area (Å²) in [6, 6.07) is 9.89. The predicted octanol–water partition coefficient (Wildman–Crippen LogP) is 3.24. The Morgan fingerprint density at radius 2 is 2.08 bits per heavy atom. The number of halogens is 1. The van der Waals surface area contributed by atoms with Crippen molar-refractivity contribution >= 4 is 0 Å². The maximum atomic E-state index is 13.3. The Morgan fingerprint density at radius 3 is 2.54 bits per heavy atom. The summed E-state index contributed by atoms with van der Waals surface area (Å²) in [5, 5.41) is 0. The predicted molar refractivity (Wildman–Crippen MR) is 52.4 cm³/mol. The van der Waals surface area contributed by atoms with Gasteiger partial charge in [-0.05, 0) is 18.4 Å². The molecule has 1 aliphatic carbocycles. The average Bonchev–Trinajstić information content (AvgIpc) is 2.80. The summed E-state index contributed by atoms with van der Waals surface area (Å²) in [7, 11) is 0. The van der Waals surface area contributed by atoms with Crippen LogP contribution < -0.4 is 0 Å². The van der Waals surface area contributed by atoms with E-state index in [1.807, 2.05) is 36.4 Å². The van der Waals surface area contributed by atoms with Crippen LogP contribution in [0.15, 0.2) is 43.0 Å². The summed E-state index contributed by atoms with van der Waals surface area (Å²) in [4.78, 5) is 0. The minimum absolute atomic E-state index is 0.233. The van der Waals surface area contributed by atoms with Gasteiger partial charge in [0.05, 0.1) is 0 Å². The normalized spacial score (nSPS) is 31.3. The lowest BCUT2D eigenvalue weighted by atomic mass is 9.92. The smallest absolute Gasteiger partial charge is 0.111 e. The molecule has 0 amide bonds. The molecule has 2 atom stereocenters. The van der Waals surface area contributed by atoms with Gasteiger partial charge in [-0.2, -0.15) is 0 Å². The molecule has 2 rings (SSSR count). The van der Waals surface area contributed by atoms with E-state index in [4.69, 9.17) is 0 Å². The first kappa shape index (κ1) is 8.49. The van der Waals surface area contributed by atoms with E-state index >= 15 is 0 Å². The average molecular weight is 176 g/mol. The number of allylic oxidation sites excluding steroid dienone is 1. The van der Waals surface area contributed by atoms with Gasteiger partial charge in [-0.25, -0.2) is 4.39 Å². The molecule has 68 valence electrons. The van der Waals surface area contributed by atoms with Crippen molar-refractivity contribution < 1.29 is 4.39 Å². The van der Waals surface area contributed by atoms with Crippen LogP contribution in [0, 0.1) is 0 Å². The first-order valence-corrected chi connectivity index (χ1v) is 4.60. The number of alkyl halides is 1. The van der Waals surface area contributed by atoms with Crippen LogP contribution in [0.1, 0.15) is 18.4 Å². The quantitative estimate of drug-likeness (QED) is 0.620. The molecule has 1 saturated carbocycles. The van der Waals surface area contributed by atoms with Crippen molar-refractivity contribution in [2.24, 2.45) is 0 Å². The molecule has 1 fully saturated rings. The van der Waals surface area contributed by atoms with E-state index in [0.29, 0.717) is 6.42 Å². The van der Waals surface area contributed by atoms with Gasteiger partial charge in [0, 0.05) is 5.41 Å². The van der Waals surface area contributed by atoms with Crippen LogP contribution in [0.25, 0.3) is 0 Å². The highest BCUT2D eigenvalue weighted by atomic mass is 19.1. The van der Waals surface area contributed by atoms with Gasteiger partial charge >= 0.3 is 0 Å². The van der Waals surface area contributed by atoms with Crippen LogP contribution in [0.2, 0.25) is 0 Å². The molecule has 1 aliphatic rings. The maximum Gasteiger partial charge on any atom is 0.111 e. The first-order valence-electron chi connectivity index (χ1n) is 4.60. The third kappa shape index (κ3) is 1.28. The molecule has 0 aromatic heterocycles. The van der Waals surface area contributed by atoms with Gasteiger partial charge in [0.25, 0.3) is 0 Å². The van der Waals surface area contributed by atoms with E-state index in [2.05, 4.69) is 6.58 Å². The SMILES string of the molecule is C=CCC1(c2ccccc2)CC1F. The Morgan fingerprint density at radius 1 is 1.46 bits per heavy atom. The highest BCUT2D eigenvalue weighted by Gasteiger charge is 2.55. The van der Waals surface area contributed by atoms with Crippen molar-refractivity contribution in [3.63, 3.8) is 0 Å². The standard InChI is InChI=1S/C12H13F/c1-2-8-12(9-11(12)13)10-6-4-3-5-7-10/h2-7,11H,1,8-9H2. The van der Waals surface area contributed by atoms with Gasteiger partial charge in [-0.3, -0.25) is 0 Å². The maximum absolute atomic E-state index is 13.3. The molecule has 0 aliphatic heterocycles. The Balaban J connectivity index is 2.29. The fourth-order valence-corrected chi connectivity index (χ4v) is 1.92. The molecule has 0 radical (unpaired) electrons. The lowest BCUT2D eigenvalue weighted by Gasteiger charge is -2.12. The molecule has 0 bridgehead atoms. The lowest BCUT2D eigenvalue weighted by molar-refractivity contribution is 0.421. The van der Waals surface area contributed by atoms with Crippen LogP contribution in [-0.2, 0) is 5.41 Å². The minimum Gasteiger partial charge on any atom is -0.246 e. The fraction of sp³-hybridized carbons (Fsp3) is 0.333. The van der Waals surface area contributed by atoms with E-state index in [0.717, 1.165) is 12.0 Å². The summed E-state index contributed by atoms with van der Waals surface area (Å²) < 4.78 is 13.3. The van der Waals surface area contributed by atoms with Crippen molar-refractivity contribution in [1.82, 2.24) is 0 Å². The second-order valence-corrected chi connectivity index (χ2v) is 3.69. The van der Waals surface area contributed by atoms with Gasteiger partial charge in [0.2, 0.25) is 0 Å². The third-order valence-electron chi connectivity index (χ3n) is 2.84. The van der Waals surface area contributed by atoms with Crippen LogP contribution in [0.3, 0.4) is 0 Å². The Bertz CT molecular complexity index is 304. The minimum atomic E-state index is -0.673. The van der Waals surface area contributed by atoms with Gasteiger partial charge in [-0.1, -0.05) is 36.4 Å². The molecule has 0 N–H and O–H groups in total. The van der Waals surface area contributed by atoms with Crippen molar-refractivity contribution in [2.45, 2.75) is 24.4 Å². The summed E-state index contributed by atoms with van der Waals surface area (Å²) in [5.74, 6) is 0. The first-order chi connectivity index (χ1) is 6.29. The Hall–Kier alpha value is -1.11. The van der Waals surface area contributed by atoms with Crippen molar-refractivity contribution in [3.8, 4) is 0 Å². The van der Waals surface area contributed by atoms with E-state index in [9.17, 15) is 4.39 Å². The van der Waals surface area contributed by atoms with E-state index in [1.54, 1.807) is 0 Å². The summed E-state index contributed by atoms with van der Waals surface area (Å²) in [5.41, 5.74) is 0.880. The number of benzene rings is 1. The second kappa shape index (κ2) is 2.99. The van der Waals surface area contributed by atoms with Crippen molar-refractivity contribution in [3.05, 3.63) is 48.6 Å². The summed E-state index contributed by atoms with van der Waals surface area (Å²) in [6.07, 6.45) is 2.54. The molecule has 1 aromatic rings. The van der Waals surface area contributed by atoms with E-state index in [-0.39, 0.29) is 5.41 Å². The van der Waals surface area contributed by atoms with Crippen LogP contribution in [-0.4, -0.2) is 6.17 Å². The van der Waals surface area contributed by atoms with E-state index in [1.165, 1.54) is 0 Å². The molecule has 0 spiro atoms. The Labute approximate surface area is 78.1 Å². The third-order valence-corrected chi connectivity index (χ3v) is 2.84. The van der Waals surface area contributed by atoms with Crippen molar-refractivity contribution in [1.29, 1.82) is 0 Å². The molecule has 0 saturated heterocycles. The number of hydrogen-bond acceptors (Lipinski definition) is 0. The zero-order valence-corrected chi connectivity index (χ0v) is 7.54. The van der Waals surface area contributed by atoms with Crippen LogP contribution in [0.5, 0.6) is 0 Å². The summed E-state index contributed by atoms with van der Waals surface area (Å²) >= 11 is 0. The highest BCUT2D eigenvalue weighted by molar-refractivity contribution is 5.35. The zero-order chi connectivity index (χ0) is 9.31. The molecule has 2 unspecified atom stereocenters. The highest BCUT2D eigenvalue weighted by Crippen LogP contribution is 2.53. The molecule has 0 nitrogen and oxygen atoms in total. The van der Waals surface area contributed by atoms with Gasteiger partial charge in [-0.15, -0.1) is 6.58 Å². The van der Waals surface area contributed by atoms with Gasteiger partial charge in [0.1, 0.15) is 6.17 Å². The zero-order valence-electron chi connectivity index (χ0n) is 7.54. The van der Waals surface area contributed by atoms with Gasteiger partial charge < -0.3 is 0 Å². The monoisotopic (exact) mass is 176 g/mol.